The molecule has 0 fully saturated rings. The highest BCUT2D eigenvalue weighted by molar-refractivity contribution is 5.54. The van der Waals surface area contributed by atoms with Gasteiger partial charge in [-0.05, 0) is 36.8 Å². The van der Waals surface area contributed by atoms with Crippen molar-refractivity contribution in [3.05, 3.63) is 59.9 Å². The summed E-state index contributed by atoms with van der Waals surface area (Å²) in [6.07, 6.45) is 1.79. The lowest BCUT2D eigenvalue weighted by molar-refractivity contribution is 0.410. The first-order valence-corrected chi connectivity index (χ1v) is 7.86. The summed E-state index contributed by atoms with van der Waals surface area (Å²) in [7, 11) is 0. The summed E-state index contributed by atoms with van der Waals surface area (Å²) in [6, 6.07) is 11.3. The number of rotatable bonds is 5. The molecule has 26 heavy (non-hydrogen) atoms. The van der Waals surface area contributed by atoms with Crippen LogP contribution >= 0.6 is 0 Å². The minimum absolute atomic E-state index is 0.111. The Kier molecular flexibility index (Phi) is 4.02. The number of aromatic nitrogens is 5. The number of nitrogens with one attached hydrogen (secondary N) is 1. The molecule has 9 heteroatoms. The van der Waals surface area contributed by atoms with Crippen LogP contribution in [0, 0.1) is 6.92 Å². The highest BCUT2D eigenvalue weighted by atomic mass is 16.5. The third kappa shape index (κ3) is 3.51. The first-order chi connectivity index (χ1) is 12.7. The van der Waals surface area contributed by atoms with Gasteiger partial charge in [-0.2, -0.15) is 19.9 Å². The first-order valence-electron chi connectivity index (χ1n) is 7.86. The number of nitrogens with zero attached hydrogens (tertiary/aromatic N) is 5. The summed E-state index contributed by atoms with van der Waals surface area (Å²) in [4.78, 5) is 16.9. The maximum atomic E-state index is 5.80. The molecule has 0 aliphatic rings. The molecule has 0 aliphatic heterocycles. The number of aryl methyl sites for hydroxylation is 1. The molecule has 3 N–H and O–H groups in total. The molecule has 0 saturated heterocycles. The number of anilines is 3. The van der Waals surface area contributed by atoms with Crippen molar-refractivity contribution in [2.45, 2.75) is 13.3 Å². The average Bonchev–Trinajstić information content (AvgIpc) is 3.25. The number of nitrogen functional groups attached to an aromatic ring is 1. The monoisotopic (exact) mass is 349 g/mol. The van der Waals surface area contributed by atoms with Gasteiger partial charge < -0.3 is 20.0 Å². The maximum Gasteiger partial charge on any atom is 0.293 e. The van der Waals surface area contributed by atoms with Gasteiger partial charge in [0.15, 0.2) is 11.6 Å². The second kappa shape index (κ2) is 6.63. The fourth-order valence-corrected chi connectivity index (χ4v) is 2.39. The van der Waals surface area contributed by atoms with Gasteiger partial charge in [0, 0.05) is 5.69 Å². The summed E-state index contributed by atoms with van der Waals surface area (Å²) in [5.74, 6) is 2.11. The summed E-state index contributed by atoms with van der Waals surface area (Å²) in [5, 5.41) is 7.03. The standard InChI is InChI=1S/C17H15N7O2/c1-10-4-2-5-11(8-10)19-17-22-13(21-16(18)23-17)9-14-20-15(26-24-14)12-6-3-7-25-12/h2-8H,9H2,1H3,(H3,18,19,21,22,23). The van der Waals surface area contributed by atoms with Crippen molar-refractivity contribution in [2.75, 3.05) is 11.1 Å². The van der Waals surface area contributed by atoms with Gasteiger partial charge in [-0.3, -0.25) is 0 Å². The highest BCUT2D eigenvalue weighted by Gasteiger charge is 2.14. The first kappa shape index (κ1) is 15.8. The van der Waals surface area contributed by atoms with Gasteiger partial charge in [0.1, 0.15) is 5.82 Å². The Morgan fingerprint density at radius 3 is 2.77 bits per heavy atom. The van der Waals surface area contributed by atoms with E-state index in [9.17, 15) is 0 Å². The second-order valence-electron chi connectivity index (χ2n) is 5.60. The lowest BCUT2D eigenvalue weighted by Crippen LogP contribution is -2.08. The molecule has 130 valence electrons. The Labute approximate surface area is 148 Å². The maximum absolute atomic E-state index is 5.80. The van der Waals surface area contributed by atoms with Crippen LogP contribution < -0.4 is 11.1 Å². The zero-order chi connectivity index (χ0) is 17.9. The van der Waals surface area contributed by atoms with E-state index < -0.39 is 0 Å². The van der Waals surface area contributed by atoms with E-state index in [1.165, 1.54) is 6.26 Å². The van der Waals surface area contributed by atoms with Crippen molar-refractivity contribution < 1.29 is 8.94 Å². The van der Waals surface area contributed by atoms with Crippen LogP contribution in [0.15, 0.2) is 51.6 Å². The van der Waals surface area contributed by atoms with E-state index in [1.54, 1.807) is 12.1 Å². The molecule has 0 spiro atoms. The van der Waals surface area contributed by atoms with Crippen molar-refractivity contribution in [1.82, 2.24) is 25.1 Å². The number of benzene rings is 1. The van der Waals surface area contributed by atoms with Gasteiger partial charge in [0.2, 0.25) is 11.9 Å². The second-order valence-corrected chi connectivity index (χ2v) is 5.60. The molecule has 0 unspecified atom stereocenters. The zero-order valence-electron chi connectivity index (χ0n) is 13.9. The van der Waals surface area contributed by atoms with E-state index >= 15 is 0 Å². The fraction of sp³-hybridized carbons (Fsp3) is 0.118. The van der Waals surface area contributed by atoms with E-state index in [2.05, 4.69) is 30.4 Å². The molecule has 9 nitrogen and oxygen atoms in total. The molecule has 3 heterocycles. The molecular weight excluding hydrogens is 334 g/mol. The predicted molar refractivity (Wildman–Crippen MR) is 93.5 cm³/mol. The average molecular weight is 349 g/mol. The Morgan fingerprint density at radius 2 is 1.96 bits per heavy atom. The van der Waals surface area contributed by atoms with E-state index in [-0.39, 0.29) is 12.4 Å². The number of hydrogen-bond donors (Lipinski definition) is 2. The molecule has 4 rings (SSSR count). The smallest absolute Gasteiger partial charge is 0.293 e. The summed E-state index contributed by atoms with van der Waals surface area (Å²) in [5.41, 5.74) is 7.78. The van der Waals surface area contributed by atoms with E-state index in [0.29, 0.717) is 29.2 Å². The minimum atomic E-state index is 0.111. The summed E-state index contributed by atoms with van der Waals surface area (Å²) < 4.78 is 10.4. The van der Waals surface area contributed by atoms with E-state index in [1.807, 2.05) is 31.2 Å². The lowest BCUT2D eigenvalue weighted by atomic mass is 10.2. The summed E-state index contributed by atoms with van der Waals surface area (Å²) >= 11 is 0. The molecule has 0 aliphatic carbocycles. The molecule has 4 aromatic rings. The van der Waals surface area contributed by atoms with Gasteiger partial charge in [-0.15, -0.1) is 0 Å². The van der Waals surface area contributed by atoms with Gasteiger partial charge in [-0.25, -0.2) is 0 Å². The van der Waals surface area contributed by atoms with Crippen molar-refractivity contribution >= 4 is 17.6 Å². The summed E-state index contributed by atoms with van der Waals surface area (Å²) in [6.45, 7) is 2.01. The number of furan rings is 1. The topological polar surface area (TPSA) is 129 Å². The number of hydrogen-bond acceptors (Lipinski definition) is 9. The molecule has 0 saturated carbocycles. The van der Waals surface area contributed by atoms with Gasteiger partial charge in [-0.1, -0.05) is 17.3 Å². The van der Waals surface area contributed by atoms with Crippen LogP contribution in [0.25, 0.3) is 11.7 Å². The van der Waals surface area contributed by atoms with Crippen LogP contribution in [0.1, 0.15) is 17.2 Å². The van der Waals surface area contributed by atoms with Crippen LogP contribution in [0.2, 0.25) is 0 Å². The highest BCUT2D eigenvalue weighted by Crippen LogP contribution is 2.19. The third-order valence-electron chi connectivity index (χ3n) is 3.49. The Bertz CT molecular complexity index is 1030. The van der Waals surface area contributed by atoms with Crippen LogP contribution in [-0.4, -0.2) is 25.1 Å². The van der Waals surface area contributed by atoms with Crippen LogP contribution in [0.5, 0.6) is 0 Å². The fourth-order valence-electron chi connectivity index (χ4n) is 2.39. The molecule has 0 amide bonds. The SMILES string of the molecule is Cc1cccc(Nc2nc(N)nc(Cc3noc(-c4ccco4)n3)n2)c1. The van der Waals surface area contributed by atoms with Crippen LogP contribution in [0.4, 0.5) is 17.6 Å². The van der Waals surface area contributed by atoms with Crippen molar-refractivity contribution in [2.24, 2.45) is 0 Å². The molecule has 0 radical (unpaired) electrons. The quantitative estimate of drug-likeness (QED) is 0.558. The largest absolute Gasteiger partial charge is 0.459 e. The zero-order valence-corrected chi connectivity index (χ0v) is 13.9. The molecule has 0 bridgehead atoms. The Morgan fingerprint density at radius 1 is 1.04 bits per heavy atom. The van der Waals surface area contributed by atoms with E-state index in [0.717, 1.165) is 11.3 Å². The van der Waals surface area contributed by atoms with Crippen LogP contribution in [0.3, 0.4) is 0 Å². The van der Waals surface area contributed by atoms with Crippen molar-refractivity contribution in [3.63, 3.8) is 0 Å². The Hall–Kier alpha value is -3.75. The molecule has 3 aromatic heterocycles. The predicted octanol–water partition coefficient (Wildman–Crippen LogP) is 2.74. The van der Waals surface area contributed by atoms with Crippen LogP contribution in [-0.2, 0) is 6.42 Å². The Balaban J connectivity index is 1.54. The lowest BCUT2D eigenvalue weighted by Gasteiger charge is -2.07. The van der Waals surface area contributed by atoms with Crippen molar-refractivity contribution in [1.29, 1.82) is 0 Å². The number of nitrogens with two attached hydrogens (primary N) is 1. The molecule has 1 aromatic carbocycles. The third-order valence-corrected chi connectivity index (χ3v) is 3.49. The van der Waals surface area contributed by atoms with Gasteiger partial charge >= 0.3 is 0 Å². The normalized spacial score (nSPS) is 10.8. The van der Waals surface area contributed by atoms with Crippen molar-refractivity contribution in [3.8, 4) is 11.7 Å². The van der Waals surface area contributed by atoms with Gasteiger partial charge in [0.05, 0.1) is 12.7 Å². The van der Waals surface area contributed by atoms with Gasteiger partial charge in [0.25, 0.3) is 5.89 Å². The minimum Gasteiger partial charge on any atom is -0.459 e. The molecular formula is C17H15N7O2. The molecule has 0 atom stereocenters. The van der Waals surface area contributed by atoms with E-state index in [4.69, 9.17) is 14.7 Å².